The molecule has 1 aliphatic heterocycles. The zero-order valence-corrected chi connectivity index (χ0v) is 11.6. The lowest BCUT2D eigenvalue weighted by Gasteiger charge is -2.13. The van der Waals surface area contributed by atoms with E-state index in [-0.39, 0.29) is 5.56 Å². The van der Waals surface area contributed by atoms with Gasteiger partial charge in [-0.3, -0.25) is 4.79 Å². The van der Waals surface area contributed by atoms with Gasteiger partial charge in [-0.15, -0.1) is 0 Å². The Kier molecular flexibility index (Phi) is 3.84. The van der Waals surface area contributed by atoms with Crippen molar-refractivity contribution in [3.05, 3.63) is 34.6 Å². The molecule has 0 saturated carbocycles. The maximum Gasteiger partial charge on any atom is 0.259 e. The largest absolute Gasteiger partial charge is 0.303 e. The number of H-pyrrole nitrogens is 1. The Morgan fingerprint density at radius 1 is 1.26 bits per heavy atom. The van der Waals surface area contributed by atoms with Gasteiger partial charge in [0.2, 0.25) is 0 Å². The van der Waals surface area contributed by atoms with Crippen molar-refractivity contribution in [1.82, 2.24) is 14.9 Å². The molecule has 1 aromatic heterocycles. The molecule has 3 rings (SSSR count). The second-order valence-electron chi connectivity index (χ2n) is 4.79. The molecule has 2 heterocycles. The summed E-state index contributed by atoms with van der Waals surface area (Å²) in [7, 11) is 0. The predicted octanol–water partition coefficient (Wildman–Crippen LogP) is 2.11. The van der Waals surface area contributed by atoms with Crippen LogP contribution in [0, 0.1) is 0 Å². The first kappa shape index (κ1) is 12.7. The van der Waals surface area contributed by atoms with E-state index in [0.717, 1.165) is 23.0 Å². The molecule has 0 bridgehead atoms. The summed E-state index contributed by atoms with van der Waals surface area (Å²) in [6.07, 6.45) is 2.63. The number of para-hydroxylation sites is 1. The lowest BCUT2D eigenvalue weighted by molar-refractivity contribution is 0.362. The first-order chi connectivity index (χ1) is 9.33. The third kappa shape index (κ3) is 2.98. The van der Waals surface area contributed by atoms with Gasteiger partial charge in [0.15, 0.2) is 5.16 Å². The van der Waals surface area contributed by atoms with Gasteiger partial charge in [-0.05, 0) is 38.1 Å². The number of likely N-dealkylation sites (tertiary alicyclic amines) is 1. The van der Waals surface area contributed by atoms with Crippen LogP contribution in [-0.2, 0) is 0 Å². The van der Waals surface area contributed by atoms with Crippen molar-refractivity contribution in [1.29, 1.82) is 0 Å². The van der Waals surface area contributed by atoms with Crippen molar-refractivity contribution < 1.29 is 0 Å². The van der Waals surface area contributed by atoms with E-state index in [1.807, 2.05) is 18.2 Å². The fourth-order valence-electron chi connectivity index (χ4n) is 2.41. The standard InChI is InChI=1S/C14H17N3OS/c18-13-11-5-1-2-6-12(11)15-14(16-13)19-10-9-17-7-3-4-8-17/h1-2,5-6H,3-4,7-10H2,(H,15,16,18). The molecule has 0 atom stereocenters. The van der Waals surface area contributed by atoms with E-state index in [9.17, 15) is 4.79 Å². The molecule has 1 saturated heterocycles. The van der Waals surface area contributed by atoms with Gasteiger partial charge >= 0.3 is 0 Å². The third-order valence-corrected chi connectivity index (χ3v) is 4.29. The smallest absolute Gasteiger partial charge is 0.259 e. The van der Waals surface area contributed by atoms with Crippen molar-refractivity contribution in [3.63, 3.8) is 0 Å². The van der Waals surface area contributed by atoms with Crippen molar-refractivity contribution >= 4 is 22.7 Å². The predicted molar refractivity (Wildman–Crippen MR) is 78.8 cm³/mol. The number of rotatable bonds is 4. The molecule has 19 heavy (non-hydrogen) atoms. The number of thioether (sulfide) groups is 1. The molecule has 0 spiro atoms. The summed E-state index contributed by atoms with van der Waals surface area (Å²) >= 11 is 1.63. The number of hydrogen-bond donors (Lipinski definition) is 1. The summed E-state index contributed by atoms with van der Waals surface area (Å²) in [4.78, 5) is 21.7. The summed E-state index contributed by atoms with van der Waals surface area (Å²) < 4.78 is 0. The summed E-state index contributed by atoms with van der Waals surface area (Å²) in [6, 6.07) is 7.46. The number of nitrogens with zero attached hydrogens (tertiary/aromatic N) is 2. The van der Waals surface area contributed by atoms with Crippen LogP contribution < -0.4 is 5.56 Å². The van der Waals surface area contributed by atoms with E-state index in [1.165, 1.54) is 25.9 Å². The van der Waals surface area contributed by atoms with Crippen LogP contribution in [0.4, 0.5) is 0 Å². The molecule has 5 heteroatoms. The first-order valence-electron chi connectivity index (χ1n) is 6.67. The third-order valence-electron chi connectivity index (χ3n) is 3.44. The molecule has 0 amide bonds. The highest BCUT2D eigenvalue weighted by Gasteiger charge is 2.11. The van der Waals surface area contributed by atoms with Crippen molar-refractivity contribution in [2.24, 2.45) is 0 Å². The molecule has 4 nitrogen and oxygen atoms in total. The van der Waals surface area contributed by atoms with Gasteiger partial charge in [0.25, 0.3) is 5.56 Å². The monoisotopic (exact) mass is 275 g/mol. The van der Waals surface area contributed by atoms with Crippen LogP contribution in [0.3, 0.4) is 0 Å². The Hall–Kier alpha value is -1.33. The molecule has 0 aliphatic carbocycles. The van der Waals surface area contributed by atoms with Crippen LogP contribution in [0.15, 0.2) is 34.2 Å². The summed E-state index contributed by atoms with van der Waals surface area (Å²) in [5.74, 6) is 0.973. The zero-order valence-electron chi connectivity index (χ0n) is 10.8. The van der Waals surface area contributed by atoms with Gasteiger partial charge in [-0.1, -0.05) is 23.9 Å². The van der Waals surface area contributed by atoms with E-state index < -0.39 is 0 Å². The van der Waals surface area contributed by atoms with E-state index in [1.54, 1.807) is 17.8 Å². The highest BCUT2D eigenvalue weighted by atomic mass is 32.2. The van der Waals surface area contributed by atoms with Gasteiger partial charge in [0, 0.05) is 12.3 Å². The molecular formula is C14H17N3OS. The number of aromatic amines is 1. The normalized spacial score (nSPS) is 16.2. The van der Waals surface area contributed by atoms with Crippen molar-refractivity contribution in [3.8, 4) is 0 Å². The highest BCUT2D eigenvalue weighted by Crippen LogP contribution is 2.16. The Bertz CT molecular complexity index is 619. The quantitative estimate of drug-likeness (QED) is 0.686. The maximum absolute atomic E-state index is 11.9. The second kappa shape index (κ2) is 5.75. The topological polar surface area (TPSA) is 49.0 Å². The van der Waals surface area contributed by atoms with Gasteiger partial charge in [0.05, 0.1) is 10.9 Å². The minimum absolute atomic E-state index is 0.0470. The van der Waals surface area contributed by atoms with Crippen molar-refractivity contribution in [2.75, 3.05) is 25.4 Å². The first-order valence-corrected chi connectivity index (χ1v) is 7.66. The van der Waals surface area contributed by atoms with Crippen molar-refractivity contribution in [2.45, 2.75) is 18.0 Å². The summed E-state index contributed by atoms with van der Waals surface area (Å²) in [6.45, 7) is 3.49. The van der Waals surface area contributed by atoms with Gasteiger partial charge in [0.1, 0.15) is 0 Å². The SMILES string of the molecule is O=c1[nH]c(SCCN2CCCC2)nc2ccccc12. The van der Waals surface area contributed by atoms with Crippen LogP contribution in [0.2, 0.25) is 0 Å². The Morgan fingerprint density at radius 2 is 2.05 bits per heavy atom. The van der Waals surface area contributed by atoms with Gasteiger partial charge in [-0.25, -0.2) is 4.98 Å². The number of benzene rings is 1. The lowest BCUT2D eigenvalue weighted by Crippen LogP contribution is -2.22. The molecule has 1 aliphatic rings. The molecule has 100 valence electrons. The Morgan fingerprint density at radius 3 is 2.89 bits per heavy atom. The van der Waals surface area contributed by atoms with E-state index >= 15 is 0 Å². The Labute approximate surface area is 116 Å². The number of hydrogen-bond acceptors (Lipinski definition) is 4. The fourth-order valence-corrected chi connectivity index (χ4v) is 3.28. The zero-order chi connectivity index (χ0) is 13.1. The number of aromatic nitrogens is 2. The Balaban J connectivity index is 1.69. The van der Waals surface area contributed by atoms with Crippen LogP contribution >= 0.6 is 11.8 Å². The molecular weight excluding hydrogens is 258 g/mol. The molecule has 0 radical (unpaired) electrons. The van der Waals surface area contributed by atoms with Gasteiger partial charge < -0.3 is 9.88 Å². The lowest BCUT2D eigenvalue weighted by atomic mass is 10.2. The highest BCUT2D eigenvalue weighted by molar-refractivity contribution is 7.99. The van der Waals surface area contributed by atoms with Crippen LogP contribution in [0.1, 0.15) is 12.8 Å². The second-order valence-corrected chi connectivity index (χ2v) is 5.87. The molecule has 1 fully saturated rings. The summed E-state index contributed by atoms with van der Waals surface area (Å²) in [5.41, 5.74) is 0.726. The average molecular weight is 275 g/mol. The summed E-state index contributed by atoms with van der Waals surface area (Å²) in [5, 5.41) is 1.38. The average Bonchev–Trinajstić information content (AvgIpc) is 2.92. The van der Waals surface area contributed by atoms with Crippen LogP contribution in [0.25, 0.3) is 10.9 Å². The number of fused-ring (bicyclic) bond motifs is 1. The van der Waals surface area contributed by atoms with Crippen LogP contribution in [0.5, 0.6) is 0 Å². The maximum atomic E-state index is 11.9. The van der Waals surface area contributed by atoms with Crippen LogP contribution in [-0.4, -0.2) is 40.3 Å². The van der Waals surface area contributed by atoms with Gasteiger partial charge in [-0.2, -0.15) is 0 Å². The number of nitrogens with one attached hydrogen (secondary N) is 1. The minimum Gasteiger partial charge on any atom is -0.303 e. The van der Waals surface area contributed by atoms with E-state index in [2.05, 4.69) is 14.9 Å². The minimum atomic E-state index is -0.0470. The molecule has 2 aromatic rings. The van der Waals surface area contributed by atoms with E-state index in [0.29, 0.717) is 5.39 Å². The molecule has 0 unspecified atom stereocenters. The molecule has 1 aromatic carbocycles. The fraction of sp³-hybridized carbons (Fsp3) is 0.429. The van der Waals surface area contributed by atoms with E-state index in [4.69, 9.17) is 0 Å². The molecule has 1 N–H and O–H groups in total.